The molecule has 11 amide bonds. The molecule has 476 valence electrons. The lowest BCUT2D eigenvalue weighted by atomic mass is 9.98. The number of imide groups is 1. The Kier molecular flexibility index (Phi) is 24.9. The van der Waals surface area contributed by atoms with Gasteiger partial charge in [-0.2, -0.15) is 0 Å². The van der Waals surface area contributed by atoms with Gasteiger partial charge in [0.2, 0.25) is 65.0 Å². The molecule has 9 atom stereocenters. The van der Waals surface area contributed by atoms with Crippen LogP contribution in [0.25, 0.3) is 10.9 Å². The monoisotopic (exact) mass is 1220 g/mol. The maximum Gasteiger partial charge on any atom is 0.249 e. The number of aromatic nitrogens is 3. The highest BCUT2D eigenvalue weighted by Crippen LogP contribution is 2.22. The quantitative estimate of drug-likeness (QED) is 0.0149. The lowest BCUT2D eigenvalue weighted by Crippen LogP contribution is -2.61. The fourth-order valence-electron chi connectivity index (χ4n) is 10.5. The van der Waals surface area contributed by atoms with Crippen LogP contribution in [-0.4, -0.2) is 175 Å². The smallest absolute Gasteiger partial charge is 0.249 e. The Hall–Kier alpha value is -9.41. The summed E-state index contributed by atoms with van der Waals surface area (Å²) in [4.78, 5) is 167. The first kappa shape index (κ1) is 67.7. The molecule has 0 radical (unpaired) electrons. The summed E-state index contributed by atoms with van der Waals surface area (Å²) in [7, 11) is 0. The summed E-state index contributed by atoms with van der Waals surface area (Å²) in [6.07, 6.45) is 5.27. The molecule has 2 saturated heterocycles. The van der Waals surface area contributed by atoms with Crippen molar-refractivity contribution in [3.8, 4) is 5.75 Å². The molecule has 4 aromatic rings. The predicted molar refractivity (Wildman–Crippen MR) is 320 cm³/mol. The summed E-state index contributed by atoms with van der Waals surface area (Å²) < 4.78 is 0. The molecule has 0 saturated carbocycles. The molecular weight excluding hydrogens is 1140 g/mol. The number of para-hydroxylation sites is 1. The number of imidazole rings is 1. The van der Waals surface area contributed by atoms with Crippen molar-refractivity contribution < 1.29 is 63.0 Å². The van der Waals surface area contributed by atoms with Crippen LogP contribution in [0.3, 0.4) is 0 Å². The maximum atomic E-state index is 14.7. The second kappa shape index (κ2) is 32.4. The molecule has 2 aliphatic rings. The minimum absolute atomic E-state index is 0.0144. The fraction of sp³-hybridized carbons (Fsp3) is 0.508. The first-order valence-corrected chi connectivity index (χ1v) is 29.4. The van der Waals surface area contributed by atoms with E-state index in [0.29, 0.717) is 34.1 Å². The number of aromatic amines is 2. The number of nitrogens with zero attached hydrogens (tertiary/aromatic N) is 3. The van der Waals surface area contributed by atoms with Crippen LogP contribution in [0.1, 0.15) is 103 Å². The number of likely N-dealkylation sites (tertiary alicyclic amines) is 1. The zero-order chi connectivity index (χ0) is 64.2. The Balaban J connectivity index is 1.22. The SMILES string of the molecule is CC(=O)NC(=O)[C@@H]1CCCN1C(=O)[C@H](CCCN=C(N)N)NC(=O)[C@H](CC(C)C)NC(=O)[C@@H](CC(C)C)NC(=O)[C@@H](Cc1ccc(O)cc1)NC(=O)[C@@H](CO)NC(=O)[C@@H](Cc1c[nH]c2ccccc12)NC(=O)[C@@H](Cc1cnc[nH]1)NC(=O)[C@H]1CCC(=O)N1. The number of nitrogens with two attached hydrogens (primary N) is 2. The molecule has 29 heteroatoms. The van der Waals surface area contributed by atoms with Crippen LogP contribution < -0.4 is 59.3 Å². The largest absolute Gasteiger partial charge is 0.508 e. The Morgan fingerprint density at radius 2 is 1.26 bits per heavy atom. The van der Waals surface area contributed by atoms with Crippen molar-refractivity contribution in [1.29, 1.82) is 0 Å². The van der Waals surface area contributed by atoms with Gasteiger partial charge in [0.25, 0.3) is 0 Å². The Bertz CT molecular complexity index is 3140. The molecule has 17 N–H and O–H groups in total. The number of guanidine groups is 1. The van der Waals surface area contributed by atoms with E-state index in [1.165, 1.54) is 48.6 Å². The number of benzene rings is 2. The Morgan fingerprint density at radius 1 is 0.693 bits per heavy atom. The second-order valence-corrected chi connectivity index (χ2v) is 22.9. The van der Waals surface area contributed by atoms with Crippen molar-refractivity contribution in [3.63, 3.8) is 0 Å². The molecular formula is C59H82N16O13. The third-order valence-corrected chi connectivity index (χ3v) is 14.9. The number of aliphatic hydroxyl groups is 1. The average Bonchev–Trinajstić information content (AvgIpc) is 4.36. The van der Waals surface area contributed by atoms with Crippen molar-refractivity contribution in [2.45, 2.75) is 160 Å². The lowest BCUT2D eigenvalue weighted by Gasteiger charge is -2.30. The van der Waals surface area contributed by atoms with Gasteiger partial charge in [-0.1, -0.05) is 58.0 Å². The standard InChI is InChI=1S/C59H82N16O13/c1-31(2)22-42(51(81)68-41(12-8-20-63-59(60)61)58(88)75-21-9-13-48(75)57(87)66-33(5)77)69-52(82)43(23-32(3)4)70-53(83)44(24-34-14-16-37(78)17-15-34)71-56(86)47(29-76)74-54(84)45(25-35-27-64-39-11-7-6-10-38(35)39)72-55(85)46(26-36-28-62-30-65-36)73-50(80)40-18-19-49(79)67-40/h6-7,10-11,14-17,27-28,30-32,40-48,64,76,78H,8-9,12-13,18-26,29H2,1-5H3,(H,62,65)(H,67,79)(H,68,81)(H,69,82)(H,70,83)(H,71,86)(H,72,85)(H,73,80)(H,74,84)(H4,60,61,63)(H,66,77,87)/t40-,41+,42+,43-,44-,45-,46-,47-,48+/m1/s1. The fourth-order valence-corrected chi connectivity index (χ4v) is 10.5. The van der Waals surface area contributed by atoms with Crippen LogP contribution in [0.15, 0.2) is 72.2 Å². The Labute approximate surface area is 508 Å². The predicted octanol–water partition coefficient (Wildman–Crippen LogP) is -1.91. The maximum absolute atomic E-state index is 14.7. The molecule has 2 fully saturated rings. The minimum atomic E-state index is -1.77. The number of aliphatic imine (C=N–C) groups is 1. The summed E-state index contributed by atoms with van der Waals surface area (Å²) in [5, 5.41) is 45.2. The minimum Gasteiger partial charge on any atom is -0.508 e. The van der Waals surface area contributed by atoms with E-state index >= 15 is 0 Å². The van der Waals surface area contributed by atoms with E-state index in [1.54, 1.807) is 58.2 Å². The van der Waals surface area contributed by atoms with Crippen LogP contribution in [0, 0.1) is 11.8 Å². The number of phenolic OH excluding ortho intramolecular Hbond substituents is 1. The highest BCUT2D eigenvalue weighted by Gasteiger charge is 2.40. The molecule has 2 aromatic carbocycles. The van der Waals surface area contributed by atoms with Crippen LogP contribution >= 0.6 is 0 Å². The average molecular weight is 1220 g/mol. The van der Waals surface area contributed by atoms with Gasteiger partial charge in [0, 0.05) is 74.7 Å². The first-order chi connectivity index (χ1) is 41.9. The van der Waals surface area contributed by atoms with Crippen molar-refractivity contribution in [2.24, 2.45) is 28.3 Å². The first-order valence-electron chi connectivity index (χ1n) is 29.4. The van der Waals surface area contributed by atoms with Crippen LogP contribution in [0.4, 0.5) is 0 Å². The van der Waals surface area contributed by atoms with E-state index in [1.807, 2.05) is 0 Å². The van der Waals surface area contributed by atoms with Crippen LogP contribution in [-0.2, 0) is 72.0 Å². The molecule has 0 spiro atoms. The summed E-state index contributed by atoms with van der Waals surface area (Å²) in [6.45, 7) is 7.61. The molecule has 0 unspecified atom stereocenters. The van der Waals surface area contributed by atoms with Gasteiger partial charge in [0.15, 0.2) is 5.96 Å². The third kappa shape index (κ3) is 20.1. The number of rotatable bonds is 31. The molecule has 29 nitrogen and oxygen atoms in total. The van der Waals surface area contributed by atoms with E-state index in [-0.39, 0.29) is 107 Å². The summed E-state index contributed by atoms with van der Waals surface area (Å²) in [6, 6.07) is 1.04. The summed E-state index contributed by atoms with van der Waals surface area (Å²) >= 11 is 0. The van der Waals surface area contributed by atoms with E-state index in [9.17, 15) is 63.0 Å². The number of nitrogens with one attached hydrogen (secondary N) is 11. The number of hydrogen-bond donors (Lipinski definition) is 15. The zero-order valence-electron chi connectivity index (χ0n) is 50.0. The van der Waals surface area contributed by atoms with Crippen molar-refractivity contribution >= 4 is 81.8 Å². The summed E-state index contributed by atoms with van der Waals surface area (Å²) in [5.41, 5.74) is 13.2. The van der Waals surface area contributed by atoms with Gasteiger partial charge < -0.3 is 79.1 Å². The molecule has 0 bridgehead atoms. The lowest BCUT2D eigenvalue weighted by molar-refractivity contribution is -0.143. The van der Waals surface area contributed by atoms with Gasteiger partial charge in [-0.3, -0.25) is 63.0 Å². The van der Waals surface area contributed by atoms with Gasteiger partial charge in [-0.05, 0) is 86.1 Å². The zero-order valence-corrected chi connectivity index (χ0v) is 50.0. The van der Waals surface area contributed by atoms with E-state index in [0.717, 1.165) is 0 Å². The number of fused-ring (bicyclic) bond motifs is 1. The molecule has 2 aliphatic heterocycles. The van der Waals surface area contributed by atoms with Gasteiger partial charge in [-0.15, -0.1) is 0 Å². The topological polar surface area (TPSA) is 449 Å². The molecule has 6 rings (SSSR count). The number of amides is 11. The van der Waals surface area contributed by atoms with Gasteiger partial charge >= 0.3 is 0 Å². The molecule has 0 aliphatic carbocycles. The third-order valence-electron chi connectivity index (χ3n) is 14.9. The molecule has 2 aromatic heterocycles. The van der Waals surface area contributed by atoms with Crippen molar-refractivity contribution in [1.82, 2.24) is 67.7 Å². The van der Waals surface area contributed by atoms with E-state index < -0.39 is 120 Å². The van der Waals surface area contributed by atoms with Gasteiger partial charge in [0.1, 0.15) is 60.1 Å². The van der Waals surface area contributed by atoms with Crippen molar-refractivity contribution in [2.75, 3.05) is 19.7 Å². The van der Waals surface area contributed by atoms with E-state index in [2.05, 4.69) is 67.8 Å². The van der Waals surface area contributed by atoms with Gasteiger partial charge in [-0.25, -0.2) is 4.98 Å². The number of H-pyrrole nitrogens is 2. The number of aromatic hydroxyl groups is 1. The van der Waals surface area contributed by atoms with E-state index in [4.69, 9.17) is 11.5 Å². The van der Waals surface area contributed by atoms with Crippen LogP contribution in [0.2, 0.25) is 0 Å². The highest BCUT2D eigenvalue weighted by atomic mass is 16.3. The highest BCUT2D eigenvalue weighted by molar-refractivity contribution is 6.01. The normalized spacial score (nSPS) is 17.0. The summed E-state index contributed by atoms with van der Waals surface area (Å²) in [5.74, 6) is -8.88. The number of carbonyl (C=O) groups is 11. The Morgan fingerprint density at radius 3 is 1.83 bits per heavy atom. The number of phenols is 1. The molecule has 4 heterocycles. The molecule has 88 heavy (non-hydrogen) atoms. The second-order valence-electron chi connectivity index (χ2n) is 22.9. The van der Waals surface area contributed by atoms with Crippen LogP contribution in [0.5, 0.6) is 5.75 Å². The number of aliphatic hydroxyl groups excluding tert-OH is 1. The number of hydrogen-bond acceptors (Lipinski definition) is 15. The van der Waals surface area contributed by atoms with Gasteiger partial charge in [0.05, 0.1) is 12.9 Å². The van der Waals surface area contributed by atoms with Crippen molar-refractivity contribution in [3.05, 3.63) is 84.1 Å². The number of carbonyl (C=O) groups excluding carboxylic acids is 11.